The molecule has 1 amide bonds. The third-order valence-electron chi connectivity index (χ3n) is 7.19. The number of fused-ring (bicyclic) bond motifs is 4. The van der Waals surface area contributed by atoms with Gasteiger partial charge in [0.2, 0.25) is 5.91 Å². The maximum absolute atomic E-state index is 12.7. The first-order valence-corrected chi connectivity index (χ1v) is 8.46. The average Bonchev–Trinajstić information content (AvgIpc) is 3.11. The summed E-state index contributed by atoms with van der Waals surface area (Å²) in [6.07, 6.45) is 7.47. The van der Waals surface area contributed by atoms with Crippen LogP contribution in [-0.4, -0.2) is 24.0 Å². The van der Waals surface area contributed by atoms with Crippen LogP contribution in [-0.2, 0) is 4.79 Å². The van der Waals surface area contributed by atoms with E-state index in [1.807, 2.05) is 0 Å². The summed E-state index contributed by atoms with van der Waals surface area (Å²) >= 11 is 0. The van der Waals surface area contributed by atoms with Gasteiger partial charge in [-0.25, -0.2) is 0 Å². The van der Waals surface area contributed by atoms with Gasteiger partial charge >= 0.3 is 0 Å². The van der Waals surface area contributed by atoms with E-state index in [4.69, 9.17) is 0 Å². The van der Waals surface area contributed by atoms with Crippen LogP contribution in [0.15, 0.2) is 0 Å². The molecule has 112 valence electrons. The highest BCUT2D eigenvalue weighted by atomic mass is 16.2. The van der Waals surface area contributed by atoms with Gasteiger partial charge in [0.05, 0.1) is 5.92 Å². The lowest BCUT2D eigenvalue weighted by Gasteiger charge is -2.43. The second-order valence-electron chi connectivity index (χ2n) is 8.75. The third kappa shape index (κ3) is 1.65. The van der Waals surface area contributed by atoms with Crippen molar-refractivity contribution in [2.75, 3.05) is 0 Å². The van der Waals surface area contributed by atoms with Crippen molar-refractivity contribution in [1.29, 1.82) is 0 Å². The highest BCUT2D eigenvalue weighted by molar-refractivity contribution is 5.80. The van der Waals surface area contributed by atoms with E-state index in [1.54, 1.807) is 0 Å². The van der Waals surface area contributed by atoms with Gasteiger partial charge in [-0.15, -0.1) is 0 Å². The lowest BCUT2D eigenvalue weighted by atomic mass is 9.68. The monoisotopic (exact) mass is 276 g/mol. The van der Waals surface area contributed by atoms with Gasteiger partial charge in [0.1, 0.15) is 0 Å². The molecular weight excluding hydrogens is 248 g/mol. The van der Waals surface area contributed by atoms with E-state index in [2.05, 4.69) is 31.4 Å². The largest absolute Gasteiger partial charge is 0.352 e. The van der Waals surface area contributed by atoms with E-state index in [-0.39, 0.29) is 11.3 Å². The van der Waals surface area contributed by atoms with Crippen LogP contribution in [0, 0.1) is 22.7 Å². The van der Waals surface area contributed by atoms with Crippen molar-refractivity contribution < 1.29 is 4.79 Å². The predicted molar refractivity (Wildman–Crippen MR) is 79.2 cm³/mol. The van der Waals surface area contributed by atoms with Gasteiger partial charge in [0.25, 0.3) is 0 Å². The first kappa shape index (κ1) is 13.1. The fourth-order valence-corrected chi connectivity index (χ4v) is 6.03. The molecule has 4 fully saturated rings. The Labute approximate surface area is 122 Å². The molecule has 6 atom stereocenters. The molecule has 2 N–H and O–H groups in total. The zero-order chi connectivity index (χ0) is 14.1. The van der Waals surface area contributed by atoms with Gasteiger partial charge in [0, 0.05) is 18.1 Å². The van der Waals surface area contributed by atoms with Crippen molar-refractivity contribution in [3.05, 3.63) is 0 Å². The smallest absolute Gasteiger partial charge is 0.224 e. The fraction of sp³-hybridized carbons (Fsp3) is 0.941. The van der Waals surface area contributed by atoms with E-state index < -0.39 is 0 Å². The molecule has 0 aromatic heterocycles. The SMILES string of the molecule is CC12CCC(C1)C(C)(C)C2NC(=O)C1CC2CCC1N2. The molecule has 0 spiro atoms. The number of rotatable bonds is 2. The molecule has 2 saturated heterocycles. The van der Waals surface area contributed by atoms with E-state index in [1.165, 1.54) is 32.1 Å². The Kier molecular flexibility index (Phi) is 2.62. The first-order valence-electron chi connectivity index (χ1n) is 8.46. The highest BCUT2D eigenvalue weighted by Gasteiger charge is 2.60. The number of amides is 1. The number of hydrogen-bond acceptors (Lipinski definition) is 2. The Morgan fingerprint density at radius 3 is 2.55 bits per heavy atom. The van der Waals surface area contributed by atoms with Crippen LogP contribution in [0.2, 0.25) is 0 Å². The van der Waals surface area contributed by atoms with Crippen LogP contribution in [0.3, 0.4) is 0 Å². The van der Waals surface area contributed by atoms with E-state index >= 15 is 0 Å². The molecule has 2 saturated carbocycles. The van der Waals surface area contributed by atoms with E-state index in [0.29, 0.717) is 29.4 Å². The molecule has 0 aromatic rings. The Bertz CT molecular complexity index is 442. The summed E-state index contributed by atoms with van der Waals surface area (Å²) in [6, 6.07) is 1.44. The molecule has 2 aliphatic carbocycles. The van der Waals surface area contributed by atoms with Crippen LogP contribution < -0.4 is 10.6 Å². The number of carbonyl (C=O) groups excluding carboxylic acids is 1. The zero-order valence-corrected chi connectivity index (χ0v) is 13.0. The molecule has 2 aliphatic heterocycles. The van der Waals surface area contributed by atoms with Crippen molar-refractivity contribution in [2.45, 2.75) is 77.4 Å². The van der Waals surface area contributed by atoms with Gasteiger partial charge in [-0.3, -0.25) is 4.79 Å². The summed E-state index contributed by atoms with van der Waals surface area (Å²) in [6.45, 7) is 7.13. The normalized spacial score (nSPS) is 51.6. The lowest BCUT2D eigenvalue weighted by Crippen LogP contribution is -2.54. The molecule has 4 bridgehead atoms. The summed E-state index contributed by atoms with van der Waals surface area (Å²) in [7, 11) is 0. The molecule has 4 rings (SSSR count). The second-order valence-corrected chi connectivity index (χ2v) is 8.75. The summed E-state index contributed by atoms with van der Waals surface area (Å²) in [4.78, 5) is 12.7. The molecule has 20 heavy (non-hydrogen) atoms. The average molecular weight is 276 g/mol. The number of hydrogen-bond donors (Lipinski definition) is 2. The number of nitrogens with one attached hydrogen (secondary N) is 2. The third-order valence-corrected chi connectivity index (χ3v) is 7.19. The van der Waals surface area contributed by atoms with Crippen LogP contribution in [0.5, 0.6) is 0 Å². The highest BCUT2D eigenvalue weighted by Crippen LogP contribution is 2.62. The van der Waals surface area contributed by atoms with Crippen molar-refractivity contribution in [2.24, 2.45) is 22.7 Å². The van der Waals surface area contributed by atoms with Crippen molar-refractivity contribution in [3.63, 3.8) is 0 Å². The van der Waals surface area contributed by atoms with Crippen LogP contribution >= 0.6 is 0 Å². The van der Waals surface area contributed by atoms with Crippen LogP contribution in [0.25, 0.3) is 0 Å². The topological polar surface area (TPSA) is 41.1 Å². The maximum Gasteiger partial charge on any atom is 0.224 e. The first-order chi connectivity index (χ1) is 9.40. The quantitative estimate of drug-likeness (QED) is 0.813. The van der Waals surface area contributed by atoms with Gasteiger partial charge in [-0.1, -0.05) is 20.8 Å². The summed E-state index contributed by atoms with van der Waals surface area (Å²) in [5, 5.41) is 7.08. The standard InChI is InChI=1S/C17H28N2O/c1-16(2)10-6-7-17(3,9-10)15(16)19-14(20)12-8-11-4-5-13(12)18-11/h10-13,15,18H,4-9H2,1-3H3,(H,19,20). The Hall–Kier alpha value is -0.570. The lowest BCUT2D eigenvalue weighted by molar-refractivity contribution is -0.128. The molecule has 3 heteroatoms. The molecule has 6 unspecified atom stereocenters. The molecule has 3 nitrogen and oxygen atoms in total. The van der Waals surface area contributed by atoms with Gasteiger partial charge in [-0.2, -0.15) is 0 Å². The second kappa shape index (κ2) is 4.00. The van der Waals surface area contributed by atoms with Crippen LogP contribution in [0.4, 0.5) is 0 Å². The Morgan fingerprint density at radius 1 is 1.20 bits per heavy atom. The Balaban J connectivity index is 1.50. The molecule has 0 aromatic carbocycles. The minimum atomic E-state index is 0.229. The number of carbonyl (C=O) groups is 1. The summed E-state index contributed by atoms with van der Waals surface area (Å²) in [5.74, 6) is 1.36. The van der Waals surface area contributed by atoms with Gasteiger partial charge < -0.3 is 10.6 Å². The van der Waals surface area contributed by atoms with E-state index in [9.17, 15) is 4.79 Å². The van der Waals surface area contributed by atoms with Crippen molar-refractivity contribution in [3.8, 4) is 0 Å². The van der Waals surface area contributed by atoms with E-state index in [0.717, 1.165) is 12.3 Å². The summed E-state index contributed by atoms with van der Waals surface area (Å²) in [5.41, 5.74) is 0.614. The van der Waals surface area contributed by atoms with Gasteiger partial charge in [-0.05, 0) is 55.3 Å². The zero-order valence-electron chi connectivity index (χ0n) is 13.0. The van der Waals surface area contributed by atoms with Crippen molar-refractivity contribution in [1.82, 2.24) is 10.6 Å². The van der Waals surface area contributed by atoms with Gasteiger partial charge in [0.15, 0.2) is 0 Å². The molecule has 0 radical (unpaired) electrons. The minimum absolute atomic E-state index is 0.229. The maximum atomic E-state index is 12.7. The fourth-order valence-electron chi connectivity index (χ4n) is 6.03. The predicted octanol–water partition coefficient (Wildman–Crippen LogP) is 2.46. The molecular formula is C17H28N2O. The van der Waals surface area contributed by atoms with Crippen LogP contribution in [0.1, 0.15) is 59.3 Å². The van der Waals surface area contributed by atoms with Crippen molar-refractivity contribution >= 4 is 5.91 Å². The molecule has 4 aliphatic rings. The Morgan fingerprint density at radius 2 is 2.00 bits per heavy atom. The minimum Gasteiger partial charge on any atom is -0.352 e. The summed E-state index contributed by atoms with van der Waals surface area (Å²) < 4.78 is 0. The molecule has 2 heterocycles.